The Balaban J connectivity index is 2.10. The summed E-state index contributed by atoms with van der Waals surface area (Å²) >= 11 is 5.56. The van der Waals surface area contributed by atoms with E-state index in [0.717, 1.165) is 22.8 Å². The molecular formula is C13H19BrN2S. The second-order valence-electron chi connectivity index (χ2n) is 4.44. The van der Waals surface area contributed by atoms with Crippen molar-refractivity contribution in [3.8, 4) is 0 Å². The summed E-state index contributed by atoms with van der Waals surface area (Å²) in [6, 6.07) is 6.50. The van der Waals surface area contributed by atoms with Gasteiger partial charge in [-0.3, -0.25) is 0 Å². The molecule has 0 aliphatic carbocycles. The average molecular weight is 315 g/mol. The first-order valence-electron chi connectivity index (χ1n) is 6.00. The van der Waals surface area contributed by atoms with Gasteiger partial charge in [0, 0.05) is 35.0 Å². The van der Waals surface area contributed by atoms with Gasteiger partial charge in [0.2, 0.25) is 0 Å². The van der Waals surface area contributed by atoms with E-state index >= 15 is 0 Å². The van der Waals surface area contributed by atoms with Crippen molar-refractivity contribution >= 4 is 33.4 Å². The van der Waals surface area contributed by atoms with E-state index in [1.807, 2.05) is 11.8 Å². The lowest BCUT2D eigenvalue weighted by atomic mass is 10.1. The number of hydrogen-bond donors (Lipinski definition) is 1. The Morgan fingerprint density at radius 3 is 2.65 bits per heavy atom. The number of halogens is 1. The maximum Gasteiger partial charge on any atom is 0.0380 e. The number of benzene rings is 1. The molecule has 17 heavy (non-hydrogen) atoms. The lowest BCUT2D eigenvalue weighted by molar-refractivity contribution is 0.591. The molecule has 2 rings (SSSR count). The third-order valence-corrected chi connectivity index (χ3v) is 4.91. The molecule has 0 aromatic heterocycles. The molecule has 4 heteroatoms. The fraction of sp³-hybridized carbons (Fsp3) is 0.538. The van der Waals surface area contributed by atoms with Crippen LogP contribution in [0.4, 0.5) is 5.69 Å². The Morgan fingerprint density at radius 1 is 1.35 bits per heavy atom. The molecule has 2 N–H and O–H groups in total. The third-order valence-electron chi connectivity index (χ3n) is 3.32. The monoisotopic (exact) mass is 314 g/mol. The molecule has 0 atom stereocenters. The number of thioether (sulfide) groups is 1. The predicted molar refractivity (Wildman–Crippen MR) is 80.8 cm³/mol. The summed E-state index contributed by atoms with van der Waals surface area (Å²) in [5, 5.41) is 0.840. The van der Waals surface area contributed by atoms with Crippen molar-refractivity contribution in [3.63, 3.8) is 0 Å². The van der Waals surface area contributed by atoms with Crippen LogP contribution in [0, 0.1) is 0 Å². The van der Waals surface area contributed by atoms with E-state index in [9.17, 15) is 0 Å². The second kappa shape index (κ2) is 6.12. The molecule has 1 saturated heterocycles. The van der Waals surface area contributed by atoms with Crippen molar-refractivity contribution < 1.29 is 0 Å². The van der Waals surface area contributed by atoms with Crippen molar-refractivity contribution in [2.45, 2.75) is 24.6 Å². The number of anilines is 1. The van der Waals surface area contributed by atoms with Gasteiger partial charge in [-0.15, -0.1) is 0 Å². The Kier molecular flexibility index (Phi) is 4.77. The highest BCUT2D eigenvalue weighted by atomic mass is 79.9. The van der Waals surface area contributed by atoms with Gasteiger partial charge in [0.25, 0.3) is 0 Å². The van der Waals surface area contributed by atoms with Crippen LogP contribution in [-0.2, 0) is 6.54 Å². The SMILES string of the molecule is CSC1CCN(c2cc(Br)cc(CN)c2)CC1. The Morgan fingerprint density at radius 2 is 2.06 bits per heavy atom. The highest BCUT2D eigenvalue weighted by Gasteiger charge is 2.18. The Labute approximate surface area is 116 Å². The maximum atomic E-state index is 5.72. The molecule has 0 saturated carbocycles. The Bertz CT molecular complexity index is 376. The van der Waals surface area contributed by atoms with Crippen LogP contribution in [0.3, 0.4) is 0 Å². The minimum atomic E-state index is 0.605. The molecular weight excluding hydrogens is 296 g/mol. The normalized spacial score (nSPS) is 17.5. The summed E-state index contributed by atoms with van der Waals surface area (Å²) in [5.41, 5.74) is 8.22. The average Bonchev–Trinajstić information content (AvgIpc) is 2.38. The maximum absolute atomic E-state index is 5.72. The largest absolute Gasteiger partial charge is 0.371 e. The first-order chi connectivity index (χ1) is 8.22. The zero-order chi connectivity index (χ0) is 12.3. The van der Waals surface area contributed by atoms with Crippen LogP contribution in [0.2, 0.25) is 0 Å². The molecule has 0 bridgehead atoms. The van der Waals surface area contributed by atoms with Crippen molar-refractivity contribution in [2.24, 2.45) is 5.73 Å². The molecule has 0 amide bonds. The molecule has 2 nitrogen and oxygen atoms in total. The highest BCUT2D eigenvalue weighted by Crippen LogP contribution is 2.28. The summed E-state index contributed by atoms with van der Waals surface area (Å²) in [5.74, 6) is 0. The third kappa shape index (κ3) is 3.39. The van der Waals surface area contributed by atoms with Crippen LogP contribution in [0.15, 0.2) is 22.7 Å². The first kappa shape index (κ1) is 13.2. The lowest BCUT2D eigenvalue weighted by Crippen LogP contribution is -2.34. The van der Waals surface area contributed by atoms with Gasteiger partial charge in [-0.25, -0.2) is 0 Å². The van der Waals surface area contributed by atoms with Crippen LogP contribution in [0.25, 0.3) is 0 Å². The van der Waals surface area contributed by atoms with Crippen molar-refractivity contribution in [1.82, 2.24) is 0 Å². The van der Waals surface area contributed by atoms with E-state index in [2.05, 4.69) is 45.3 Å². The molecule has 0 radical (unpaired) electrons. The molecule has 1 heterocycles. The molecule has 94 valence electrons. The molecule has 0 unspecified atom stereocenters. The molecule has 1 aliphatic rings. The standard InChI is InChI=1S/C13H19BrN2S/c1-17-13-2-4-16(5-3-13)12-7-10(9-15)6-11(14)8-12/h6-8,13H,2-5,9,15H2,1H3. The van der Waals surface area contributed by atoms with Crippen LogP contribution in [0.5, 0.6) is 0 Å². The molecule has 1 aliphatic heterocycles. The summed E-state index contributed by atoms with van der Waals surface area (Å²) in [6.45, 7) is 2.92. The van der Waals surface area contributed by atoms with Gasteiger partial charge in [0.15, 0.2) is 0 Å². The van der Waals surface area contributed by atoms with Crippen LogP contribution in [-0.4, -0.2) is 24.6 Å². The van der Waals surface area contributed by atoms with Gasteiger partial charge in [0.05, 0.1) is 0 Å². The van der Waals surface area contributed by atoms with Crippen LogP contribution >= 0.6 is 27.7 Å². The summed E-state index contributed by atoms with van der Waals surface area (Å²) in [7, 11) is 0. The van der Waals surface area contributed by atoms with Crippen LogP contribution < -0.4 is 10.6 Å². The van der Waals surface area contributed by atoms with Gasteiger partial charge in [-0.1, -0.05) is 15.9 Å². The van der Waals surface area contributed by atoms with Gasteiger partial charge < -0.3 is 10.6 Å². The zero-order valence-corrected chi connectivity index (χ0v) is 12.6. The predicted octanol–water partition coefficient (Wildman–Crippen LogP) is 3.24. The fourth-order valence-electron chi connectivity index (χ4n) is 2.28. The van der Waals surface area contributed by atoms with Crippen molar-refractivity contribution in [2.75, 3.05) is 24.2 Å². The van der Waals surface area contributed by atoms with E-state index in [1.165, 1.54) is 24.1 Å². The minimum absolute atomic E-state index is 0.605. The van der Waals surface area contributed by atoms with Crippen molar-refractivity contribution in [3.05, 3.63) is 28.2 Å². The van der Waals surface area contributed by atoms with Crippen LogP contribution in [0.1, 0.15) is 18.4 Å². The lowest BCUT2D eigenvalue weighted by Gasteiger charge is -2.33. The van der Waals surface area contributed by atoms with Gasteiger partial charge >= 0.3 is 0 Å². The van der Waals surface area contributed by atoms with E-state index < -0.39 is 0 Å². The number of rotatable bonds is 3. The molecule has 1 aromatic rings. The molecule has 0 spiro atoms. The minimum Gasteiger partial charge on any atom is -0.371 e. The van der Waals surface area contributed by atoms with E-state index in [4.69, 9.17) is 5.73 Å². The number of piperidine rings is 1. The smallest absolute Gasteiger partial charge is 0.0380 e. The number of nitrogens with two attached hydrogens (primary N) is 1. The van der Waals surface area contributed by atoms with Gasteiger partial charge in [0.1, 0.15) is 0 Å². The molecule has 1 fully saturated rings. The van der Waals surface area contributed by atoms with Gasteiger partial charge in [-0.2, -0.15) is 11.8 Å². The second-order valence-corrected chi connectivity index (χ2v) is 6.50. The molecule has 1 aromatic carbocycles. The highest BCUT2D eigenvalue weighted by molar-refractivity contribution is 9.10. The summed E-state index contributed by atoms with van der Waals surface area (Å²) in [4.78, 5) is 2.47. The fourth-order valence-corrected chi connectivity index (χ4v) is 3.49. The van der Waals surface area contributed by atoms with E-state index in [1.54, 1.807) is 0 Å². The first-order valence-corrected chi connectivity index (χ1v) is 8.08. The Hall–Kier alpha value is -0.190. The number of hydrogen-bond acceptors (Lipinski definition) is 3. The van der Waals surface area contributed by atoms with Crippen molar-refractivity contribution in [1.29, 1.82) is 0 Å². The summed E-state index contributed by atoms with van der Waals surface area (Å²) < 4.78 is 1.13. The zero-order valence-electron chi connectivity index (χ0n) is 10.2. The van der Waals surface area contributed by atoms with Gasteiger partial charge in [-0.05, 0) is 42.9 Å². The quantitative estimate of drug-likeness (QED) is 0.928. The van der Waals surface area contributed by atoms with E-state index in [0.29, 0.717) is 6.54 Å². The van der Waals surface area contributed by atoms with E-state index in [-0.39, 0.29) is 0 Å². The topological polar surface area (TPSA) is 29.3 Å². The number of nitrogens with zero attached hydrogens (tertiary/aromatic N) is 1. The summed E-state index contributed by atoms with van der Waals surface area (Å²) in [6.07, 6.45) is 4.78.